The van der Waals surface area contributed by atoms with E-state index in [1.807, 2.05) is 185 Å². The summed E-state index contributed by atoms with van der Waals surface area (Å²) >= 11 is 0. The second kappa shape index (κ2) is 18.4. The molecule has 0 radical (unpaired) electrons. The van der Waals surface area contributed by atoms with E-state index in [1.165, 1.54) is 0 Å². The van der Waals surface area contributed by atoms with E-state index in [1.54, 1.807) is 0 Å². The zero-order valence-electron chi connectivity index (χ0n) is 40.2. The summed E-state index contributed by atoms with van der Waals surface area (Å²) in [5.41, 5.74) is 12.1. The number of rotatable bonds is 9. The predicted octanol–water partition coefficient (Wildman–Crippen LogP) is 13.2. The van der Waals surface area contributed by atoms with E-state index in [4.69, 9.17) is 39.9 Å². The van der Waals surface area contributed by atoms with Crippen molar-refractivity contribution in [1.29, 1.82) is 5.26 Å². The average Bonchev–Trinajstić information content (AvgIpc) is 3.75. The Morgan fingerprint density at radius 1 is 0.329 bits per heavy atom. The fourth-order valence-electron chi connectivity index (χ4n) is 9.48. The van der Waals surface area contributed by atoms with Crippen molar-refractivity contribution in [3.8, 4) is 102 Å². The van der Waals surface area contributed by atoms with Gasteiger partial charge in [0.15, 0.2) is 23.3 Å². The molecule has 12 nitrogen and oxygen atoms in total. The molecule has 0 saturated heterocycles. The van der Waals surface area contributed by atoms with E-state index in [9.17, 15) is 5.26 Å². The molecule has 0 saturated carbocycles. The lowest BCUT2D eigenvalue weighted by Crippen LogP contribution is -2.06. The summed E-state index contributed by atoms with van der Waals surface area (Å²) in [5.74, 6) is 4.59. The Morgan fingerprint density at radius 3 is 1.14 bits per heavy atom. The van der Waals surface area contributed by atoms with Crippen LogP contribution < -0.4 is 0 Å². The van der Waals surface area contributed by atoms with Crippen molar-refractivity contribution in [2.24, 2.45) is 0 Å². The molecule has 12 aromatic rings. The maximum Gasteiger partial charge on any atom is 0.163 e. The third-order valence-corrected chi connectivity index (χ3v) is 12.7. The summed E-state index contributed by atoms with van der Waals surface area (Å²) in [6, 6.07) is 63.1. The van der Waals surface area contributed by atoms with Gasteiger partial charge in [0.25, 0.3) is 0 Å². The molecule has 7 aromatic carbocycles. The van der Waals surface area contributed by atoms with Crippen molar-refractivity contribution in [2.75, 3.05) is 0 Å². The highest BCUT2D eigenvalue weighted by atomic mass is 15.0. The van der Waals surface area contributed by atoms with Gasteiger partial charge in [0, 0.05) is 55.3 Å². The molecule has 12 rings (SSSR count). The Bertz CT molecular complexity index is 3720. The minimum absolute atomic E-state index is 0.399. The highest BCUT2D eigenvalue weighted by Gasteiger charge is 2.26. The average molecular weight is 943 g/mol. The van der Waals surface area contributed by atoms with Crippen LogP contribution >= 0.6 is 0 Å². The van der Waals surface area contributed by atoms with Gasteiger partial charge in [0.1, 0.15) is 23.3 Å². The van der Waals surface area contributed by atoms with Gasteiger partial charge in [-0.05, 0) is 88.4 Å². The summed E-state index contributed by atoms with van der Waals surface area (Å²) < 4.78 is 2.24. The zero-order valence-corrected chi connectivity index (χ0v) is 40.2. The lowest BCUT2D eigenvalue weighted by atomic mass is 9.97. The largest absolute Gasteiger partial charge is 0.308 e. The maximum absolute atomic E-state index is 11.1. The van der Waals surface area contributed by atoms with Gasteiger partial charge in [0.05, 0.1) is 51.1 Å². The molecule has 0 amide bonds. The first-order valence-corrected chi connectivity index (χ1v) is 23.8. The van der Waals surface area contributed by atoms with E-state index in [0.717, 1.165) is 72.3 Å². The molecule has 5 aromatic heterocycles. The van der Waals surface area contributed by atoms with Gasteiger partial charge in [0.2, 0.25) is 0 Å². The first-order valence-electron chi connectivity index (χ1n) is 23.8. The van der Waals surface area contributed by atoms with Gasteiger partial charge in [-0.2, -0.15) is 5.26 Å². The number of hydrogen-bond donors (Lipinski definition) is 0. The minimum atomic E-state index is 0.399. The van der Waals surface area contributed by atoms with Gasteiger partial charge >= 0.3 is 0 Å². The first-order chi connectivity index (χ1) is 35.7. The van der Waals surface area contributed by atoms with Gasteiger partial charge < -0.3 is 4.57 Å². The standard InChI is InChI=1S/C61H42N12/c1-36-63-37(2)66-59(65-36)45-25-27-55-47(31-45)48-32-46(60-67-38(3)64-39(4)68-60)26-28-56(48)73(55)57-49(54-34-53(43-21-13-7-14-22-43)69-58(72-54)44-23-15-8-16-24-44)29-40(35-62)30-50(57)61-70-51(41-17-9-5-10-18-41)33-52(71-61)42-19-11-6-12-20-42/h5-34H,1-4H3. The number of benzene rings is 7. The quantitative estimate of drug-likeness (QED) is 0.136. The van der Waals surface area contributed by atoms with Crippen LogP contribution in [0.2, 0.25) is 0 Å². The summed E-state index contributed by atoms with van der Waals surface area (Å²) in [6.45, 7) is 7.50. The number of aryl methyl sites for hydroxylation is 4. The topological polar surface area (TPSA) is 158 Å². The van der Waals surface area contributed by atoms with E-state index in [0.29, 0.717) is 74.7 Å². The molecule has 0 unspecified atom stereocenters. The van der Waals surface area contributed by atoms with E-state index < -0.39 is 0 Å². The van der Waals surface area contributed by atoms with Gasteiger partial charge in [-0.25, -0.2) is 49.8 Å². The van der Waals surface area contributed by atoms with Crippen molar-refractivity contribution < 1.29 is 0 Å². The molecule has 0 aliphatic carbocycles. The van der Waals surface area contributed by atoms with Crippen LogP contribution in [-0.4, -0.2) is 54.4 Å². The van der Waals surface area contributed by atoms with Crippen LogP contribution in [-0.2, 0) is 0 Å². The minimum Gasteiger partial charge on any atom is -0.308 e. The molecule has 0 aliphatic rings. The normalized spacial score (nSPS) is 11.3. The van der Waals surface area contributed by atoms with E-state index in [2.05, 4.69) is 44.9 Å². The van der Waals surface area contributed by atoms with Crippen LogP contribution in [0, 0.1) is 39.0 Å². The smallest absolute Gasteiger partial charge is 0.163 e. The molecule has 0 N–H and O–H groups in total. The van der Waals surface area contributed by atoms with Gasteiger partial charge in [-0.15, -0.1) is 0 Å². The second-order valence-corrected chi connectivity index (χ2v) is 17.7. The van der Waals surface area contributed by atoms with Gasteiger partial charge in [-0.1, -0.05) is 121 Å². The van der Waals surface area contributed by atoms with Crippen molar-refractivity contribution in [2.45, 2.75) is 27.7 Å². The van der Waals surface area contributed by atoms with Crippen LogP contribution in [0.25, 0.3) is 118 Å². The molecule has 73 heavy (non-hydrogen) atoms. The molecule has 0 aliphatic heterocycles. The third-order valence-electron chi connectivity index (χ3n) is 12.7. The van der Waals surface area contributed by atoms with E-state index in [-0.39, 0.29) is 0 Å². The predicted molar refractivity (Wildman–Crippen MR) is 286 cm³/mol. The lowest BCUT2D eigenvalue weighted by Gasteiger charge is -2.20. The lowest BCUT2D eigenvalue weighted by molar-refractivity contribution is 0.928. The molecule has 0 bridgehead atoms. The number of nitriles is 1. The number of fused-ring (bicyclic) bond motifs is 3. The Labute approximate surface area is 420 Å². The molecule has 5 heterocycles. The molecule has 0 fully saturated rings. The van der Waals surface area contributed by atoms with Crippen molar-refractivity contribution >= 4 is 21.8 Å². The van der Waals surface area contributed by atoms with Gasteiger partial charge in [-0.3, -0.25) is 0 Å². The van der Waals surface area contributed by atoms with Crippen molar-refractivity contribution in [3.63, 3.8) is 0 Å². The van der Waals surface area contributed by atoms with Crippen molar-refractivity contribution in [3.05, 3.63) is 211 Å². The fourth-order valence-corrected chi connectivity index (χ4v) is 9.48. The van der Waals surface area contributed by atoms with Crippen LogP contribution in [0.4, 0.5) is 0 Å². The summed E-state index contributed by atoms with van der Waals surface area (Å²) in [7, 11) is 0. The summed E-state index contributed by atoms with van der Waals surface area (Å²) in [6.07, 6.45) is 0. The molecular weight excluding hydrogens is 901 g/mol. The number of aromatic nitrogens is 11. The van der Waals surface area contributed by atoms with Crippen molar-refractivity contribution in [1.82, 2.24) is 54.4 Å². The van der Waals surface area contributed by atoms with E-state index >= 15 is 0 Å². The fraction of sp³-hybridized carbons (Fsp3) is 0.0656. The number of nitrogens with zero attached hydrogens (tertiary/aromatic N) is 12. The number of hydrogen-bond acceptors (Lipinski definition) is 11. The highest BCUT2D eigenvalue weighted by Crippen LogP contribution is 2.44. The Hall–Kier alpha value is -9.99. The van der Waals surface area contributed by atoms with Crippen LogP contribution in [0.5, 0.6) is 0 Å². The second-order valence-electron chi connectivity index (χ2n) is 17.7. The molecule has 346 valence electrons. The molecule has 0 spiro atoms. The summed E-state index contributed by atoms with van der Waals surface area (Å²) in [4.78, 5) is 49.4. The molecule has 0 atom stereocenters. The van der Waals surface area contributed by atoms with Crippen LogP contribution in [0.1, 0.15) is 28.9 Å². The molecular formula is C61H42N12. The monoisotopic (exact) mass is 942 g/mol. The summed E-state index contributed by atoms with van der Waals surface area (Å²) in [5, 5.41) is 12.9. The zero-order chi connectivity index (χ0) is 49.6. The first kappa shape index (κ1) is 44.2. The van der Waals surface area contributed by atoms with Crippen LogP contribution in [0.3, 0.4) is 0 Å². The SMILES string of the molecule is Cc1nc(C)nc(-c2ccc3c(c2)c2cc(-c4nc(C)nc(C)n4)ccc2n3-c2c(-c3cc(-c4ccccc4)nc(-c4ccccc4)n3)cc(C#N)cc2-c2nc(-c3ccccc3)cc(-c3ccccc3)n2)n1. The van der Waals surface area contributed by atoms with Crippen LogP contribution in [0.15, 0.2) is 182 Å². The Balaban J connectivity index is 1.24. The molecule has 12 heteroatoms. The third kappa shape index (κ3) is 8.51. The maximum atomic E-state index is 11.1. The Kier molecular flexibility index (Phi) is 11.1. The highest BCUT2D eigenvalue weighted by molar-refractivity contribution is 6.12. The Morgan fingerprint density at radius 2 is 0.699 bits per heavy atom.